The number of carbonyl (C=O) groups is 1. The average molecular weight is 619 g/mol. The quantitative estimate of drug-likeness (QED) is 0.0928. The fraction of sp³-hybridized carbons (Fsp3) is 0.341. The number of benzene rings is 4. The summed E-state index contributed by atoms with van der Waals surface area (Å²) in [7, 11) is 0. The Morgan fingerprint density at radius 2 is 1.48 bits per heavy atom. The van der Waals surface area contributed by atoms with E-state index in [0.717, 1.165) is 24.2 Å². The third-order valence-electron chi connectivity index (χ3n) is 8.28. The molecule has 46 heavy (non-hydrogen) atoms. The fourth-order valence-corrected chi connectivity index (χ4v) is 5.92. The van der Waals surface area contributed by atoms with Gasteiger partial charge in [0.25, 0.3) is 0 Å². The van der Waals surface area contributed by atoms with Crippen molar-refractivity contribution in [2.24, 2.45) is 0 Å². The van der Waals surface area contributed by atoms with Crippen LogP contribution in [0.2, 0.25) is 0 Å². The number of ether oxygens (including phenoxy) is 4. The van der Waals surface area contributed by atoms with Crippen molar-refractivity contribution < 1.29 is 23.7 Å². The summed E-state index contributed by atoms with van der Waals surface area (Å²) in [6.07, 6.45) is 8.40. The number of aryl methyl sites for hydroxylation is 1. The minimum atomic E-state index is -0.609. The maximum atomic E-state index is 12.3. The van der Waals surface area contributed by atoms with Gasteiger partial charge in [-0.1, -0.05) is 104 Å². The molecule has 0 spiro atoms. The van der Waals surface area contributed by atoms with E-state index in [1.807, 2.05) is 31.2 Å². The number of fused-ring (bicyclic) bond motifs is 2. The Morgan fingerprint density at radius 3 is 2.24 bits per heavy atom. The molecule has 2 unspecified atom stereocenters. The lowest BCUT2D eigenvalue weighted by molar-refractivity contribution is -0.156. The number of esters is 1. The van der Waals surface area contributed by atoms with Crippen LogP contribution >= 0.6 is 0 Å². The molecule has 0 amide bonds. The second kappa shape index (κ2) is 16.9. The minimum Gasteiger partial charge on any atom is -0.491 e. The van der Waals surface area contributed by atoms with E-state index in [1.54, 1.807) is 6.92 Å². The van der Waals surface area contributed by atoms with Crippen LogP contribution in [-0.2, 0) is 38.3 Å². The van der Waals surface area contributed by atoms with Gasteiger partial charge in [0.05, 0.1) is 13.2 Å². The van der Waals surface area contributed by atoms with E-state index in [0.29, 0.717) is 32.8 Å². The lowest BCUT2D eigenvalue weighted by Gasteiger charge is -2.22. The van der Waals surface area contributed by atoms with Crippen LogP contribution in [0.3, 0.4) is 0 Å². The Hall–Kier alpha value is -4.19. The van der Waals surface area contributed by atoms with Crippen LogP contribution in [0.25, 0.3) is 12.2 Å². The Kier molecular flexibility index (Phi) is 12.2. The largest absolute Gasteiger partial charge is 0.491 e. The molecule has 0 fully saturated rings. The molecule has 5 rings (SSSR count). The van der Waals surface area contributed by atoms with Crippen molar-refractivity contribution in [2.45, 2.75) is 65.1 Å². The van der Waals surface area contributed by atoms with Crippen molar-refractivity contribution in [2.75, 3.05) is 26.4 Å². The van der Waals surface area contributed by atoms with Gasteiger partial charge in [-0.3, -0.25) is 0 Å². The van der Waals surface area contributed by atoms with Gasteiger partial charge in [0, 0.05) is 13.0 Å². The van der Waals surface area contributed by atoms with E-state index in [9.17, 15) is 4.79 Å². The first-order valence-corrected chi connectivity index (χ1v) is 16.7. The molecule has 5 heteroatoms. The van der Waals surface area contributed by atoms with Gasteiger partial charge in [-0.25, -0.2) is 4.79 Å². The molecule has 0 heterocycles. The summed E-state index contributed by atoms with van der Waals surface area (Å²) in [5, 5.41) is 0. The number of hydrogen-bond donors (Lipinski definition) is 0. The van der Waals surface area contributed by atoms with E-state index in [-0.39, 0.29) is 12.1 Å². The fourth-order valence-electron chi connectivity index (χ4n) is 5.92. The van der Waals surface area contributed by atoms with E-state index in [2.05, 4.69) is 85.8 Å². The van der Waals surface area contributed by atoms with Crippen LogP contribution in [0.4, 0.5) is 0 Å². The molecule has 0 saturated carbocycles. The Morgan fingerprint density at radius 1 is 0.717 bits per heavy atom. The summed E-state index contributed by atoms with van der Waals surface area (Å²) < 4.78 is 23.6. The molecule has 4 aromatic carbocycles. The van der Waals surface area contributed by atoms with Gasteiger partial charge in [0.15, 0.2) is 6.10 Å². The normalized spacial score (nSPS) is 14.2. The Labute approximate surface area is 274 Å². The lowest BCUT2D eigenvalue weighted by Crippen LogP contribution is -2.28. The first kappa shape index (κ1) is 33.2. The van der Waals surface area contributed by atoms with E-state index in [4.69, 9.17) is 18.9 Å². The van der Waals surface area contributed by atoms with Gasteiger partial charge in [-0.15, -0.1) is 0 Å². The summed E-state index contributed by atoms with van der Waals surface area (Å²) >= 11 is 0. The topological polar surface area (TPSA) is 54.0 Å². The van der Waals surface area contributed by atoms with Gasteiger partial charge in [-0.05, 0) is 89.8 Å². The van der Waals surface area contributed by atoms with E-state index < -0.39 is 6.10 Å². The number of rotatable bonds is 16. The summed E-state index contributed by atoms with van der Waals surface area (Å²) in [5.74, 6) is 0.427. The first-order valence-electron chi connectivity index (χ1n) is 16.7. The molecule has 5 nitrogen and oxygen atoms in total. The minimum absolute atomic E-state index is 0.197. The average Bonchev–Trinajstić information content (AvgIpc) is 3.23. The molecular formula is C41H46O5. The van der Waals surface area contributed by atoms with Gasteiger partial charge in [-0.2, -0.15) is 0 Å². The van der Waals surface area contributed by atoms with Gasteiger partial charge in [0.2, 0.25) is 0 Å². The van der Waals surface area contributed by atoms with Crippen LogP contribution in [0, 0.1) is 0 Å². The summed E-state index contributed by atoms with van der Waals surface area (Å²) in [6, 6.07) is 32.0. The summed E-state index contributed by atoms with van der Waals surface area (Å²) in [5.41, 5.74) is 9.67. The number of hydrogen-bond acceptors (Lipinski definition) is 5. The molecule has 240 valence electrons. The third kappa shape index (κ3) is 8.96. The van der Waals surface area contributed by atoms with E-state index in [1.165, 1.54) is 51.8 Å². The van der Waals surface area contributed by atoms with Crippen molar-refractivity contribution in [1.29, 1.82) is 0 Å². The number of unbranched alkanes of at least 4 members (excludes halogenated alkanes) is 1. The third-order valence-corrected chi connectivity index (χ3v) is 8.28. The van der Waals surface area contributed by atoms with Crippen LogP contribution in [-0.4, -0.2) is 38.5 Å². The van der Waals surface area contributed by atoms with Crippen LogP contribution < -0.4 is 4.74 Å². The molecule has 0 aliphatic heterocycles. The van der Waals surface area contributed by atoms with Crippen molar-refractivity contribution in [1.82, 2.24) is 0 Å². The maximum Gasteiger partial charge on any atom is 0.335 e. The van der Waals surface area contributed by atoms with Gasteiger partial charge in [0.1, 0.15) is 18.5 Å². The molecule has 4 aromatic rings. The van der Waals surface area contributed by atoms with Gasteiger partial charge < -0.3 is 18.9 Å². The van der Waals surface area contributed by atoms with Crippen molar-refractivity contribution in [3.63, 3.8) is 0 Å². The molecule has 2 atom stereocenters. The molecular weight excluding hydrogens is 572 g/mol. The predicted octanol–water partition coefficient (Wildman–Crippen LogP) is 8.80. The molecule has 0 bridgehead atoms. The lowest BCUT2D eigenvalue weighted by atomic mass is 9.92. The highest BCUT2D eigenvalue weighted by Gasteiger charge is 2.24. The SMILES string of the molecule is CCCCc1ccc2c(c1)C(OCCOc1ccc(CC(OCC)C(=O)OCC)cc1)c1ccc(Cc3ccccc3)cc1C=C2. The molecule has 1 aliphatic rings. The Balaban J connectivity index is 1.28. The van der Waals surface area contributed by atoms with Crippen molar-refractivity contribution in [3.8, 4) is 5.75 Å². The standard InChI is InChI=1S/C41H46O5/c1-4-7-11-31-14-18-34-19-20-35-27-33(26-30-12-9-8-10-13-30)17-23-37(35)40(38(34)28-31)46-25-24-45-36-21-15-32(16-22-36)29-39(43-5-2)41(42)44-6-3/h8-10,12-23,27-28,39-40H,4-7,11,24-26,29H2,1-3H3. The molecule has 0 aromatic heterocycles. The summed E-state index contributed by atoms with van der Waals surface area (Å²) in [6.45, 7) is 7.55. The Bertz CT molecular complexity index is 1570. The summed E-state index contributed by atoms with van der Waals surface area (Å²) in [4.78, 5) is 12.3. The highest BCUT2D eigenvalue weighted by molar-refractivity contribution is 5.77. The molecule has 0 radical (unpaired) electrons. The van der Waals surface area contributed by atoms with Gasteiger partial charge >= 0.3 is 5.97 Å². The zero-order chi connectivity index (χ0) is 32.1. The highest BCUT2D eigenvalue weighted by atomic mass is 16.6. The smallest absolute Gasteiger partial charge is 0.335 e. The van der Waals surface area contributed by atoms with Crippen molar-refractivity contribution >= 4 is 18.1 Å². The van der Waals surface area contributed by atoms with Crippen LogP contribution in [0.1, 0.15) is 84.2 Å². The molecule has 0 saturated heterocycles. The zero-order valence-corrected chi connectivity index (χ0v) is 27.4. The van der Waals surface area contributed by atoms with Crippen molar-refractivity contribution in [3.05, 3.63) is 136 Å². The second-order valence-electron chi connectivity index (χ2n) is 11.7. The highest BCUT2D eigenvalue weighted by Crippen LogP contribution is 2.37. The second-order valence-corrected chi connectivity index (χ2v) is 11.7. The number of carbonyl (C=O) groups excluding carboxylic acids is 1. The van der Waals surface area contributed by atoms with Crippen LogP contribution in [0.5, 0.6) is 5.75 Å². The first-order chi connectivity index (χ1) is 22.6. The van der Waals surface area contributed by atoms with E-state index >= 15 is 0 Å². The molecule has 1 aliphatic carbocycles. The zero-order valence-electron chi connectivity index (χ0n) is 27.4. The maximum absolute atomic E-state index is 12.3. The molecule has 0 N–H and O–H groups in total. The monoisotopic (exact) mass is 618 g/mol. The predicted molar refractivity (Wildman–Crippen MR) is 185 cm³/mol. The van der Waals surface area contributed by atoms with Crippen LogP contribution in [0.15, 0.2) is 91.0 Å².